The molecule has 29 heavy (non-hydrogen) atoms. The number of carbonyl (C=O) groups is 1. The third-order valence-corrected chi connectivity index (χ3v) is 4.18. The molecule has 0 aliphatic rings. The van der Waals surface area contributed by atoms with Crippen molar-refractivity contribution < 1.29 is 18.0 Å². The molecule has 0 aliphatic heterocycles. The zero-order valence-corrected chi connectivity index (χ0v) is 14.7. The quantitative estimate of drug-likeness (QED) is 0.549. The maximum Gasteiger partial charge on any atom is 0.433 e. The van der Waals surface area contributed by atoms with Gasteiger partial charge in [0, 0.05) is 18.0 Å². The smallest absolute Gasteiger partial charge is 0.381 e. The van der Waals surface area contributed by atoms with Crippen molar-refractivity contribution in [3.63, 3.8) is 0 Å². The van der Waals surface area contributed by atoms with Crippen LogP contribution < -0.4 is 11.1 Å². The standard InChI is InChI=1S/C19H13F3N6O/c20-19(21,22)14-7-9-28-17(26-14)15(16(23)27-28)18(29)25-13-10-24-8-6-12(13)11-4-2-1-3-5-11/h1-10H,(H2,23,27)(H,25,29). The minimum Gasteiger partial charge on any atom is -0.381 e. The van der Waals surface area contributed by atoms with Gasteiger partial charge in [-0.1, -0.05) is 30.3 Å². The SMILES string of the molecule is Nc1nn2ccc(C(F)(F)F)nc2c1C(=O)Nc1cnccc1-c1ccccc1. The van der Waals surface area contributed by atoms with Gasteiger partial charge in [-0.05, 0) is 17.7 Å². The minimum atomic E-state index is -4.67. The monoisotopic (exact) mass is 398 g/mol. The molecule has 0 radical (unpaired) electrons. The molecule has 0 saturated carbocycles. The van der Waals surface area contributed by atoms with Crippen LogP contribution in [-0.2, 0) is 6.18 Å². The summed E-state index contributed by atoms with van der Waals surface area (Å²) in [7, 11) is 0. The normalized spacial score (nSPS) is 11.6. The number of aromatic nitrogens is 4. The number of rotatable bonds is 3. The van der Waals surface area contributed by atoms with Crippen LogP contribution in [0, 0.1) is 0 Å². The number of nitrogens with one attached hydrogen (secondary N) is 1. The summed E-state index contributed by atoms with van der Waals surface area (Å²) >= 11 is 0. The lowest BCUT2D eigenvalue weighted by Crippen LogP contribution is -2.15. The highest BCUT2D eigenvalue weighted by Crippen LogP contribution is 2.30. The van der Waals surface area contributed by atoms with E-state index in [0.717, 1.165) is 22.3 Å². The molecular formula is C19H13F3N6O. The summed E-state index contributed by atoms with van der Waals surface area (Å²) in [6.07, 6.45) is -0.605. The van der Waals surface area contributed by atoms with Gasteiger partial charge in [-0.15, -0.1) is 5.10 Å². The van der Waals surface area contributed by atoms with Gasteiger partial charge in [0.2, 0.25) is 0 Å². The van der Waals surface area contributed by atoms with E-state index >= 15 is 0 Å². The van der Waals surface area contributed by atoms with Crippen molar-refractivity contribution in [2.24, 2.45) is 0 Å². The van der Waals surface area contributed by atoms with Crippen LogP contribution in [0.25, 0.3) is 16.8 Å². The first-order valence-electron chi connectivity index (χ1n) is 8.37. The molecule has 3 heterocycles. The Morgan fingerprint density at radius 3 is 2.59 bits per heavy atom. The second-order valence-corrected chi connectivity index (χ2v) is 6.08. The summed E-state index contributed by atoms with van der Waals surface area (Å²) in [6, 6.07) is 11.7. The molecule has 1 aromatic carbocycles. The number of amides is 1. The first kappa shape index (κ1) is 18.4. The van der Waals surface area contributed by atoms with E-state index in [1.54, 1.807) is 12.3 Å². The maximum atomic E-state index is 13.0. The van der Waals surface area contributed by atoms with Crippen molar-refractivity contribution in [1.82, 2.24) is 19.6 Å². The molecule has 4 rings (SSSR count). The van der Waals surface area contributed by atoms with E-state index in [4.69, 9.17) is 5.73 Å². The van der Waals surface area contributed by atoms with Gasteiger partial charge in [-0.3, -0.25) is 9.78 Å². The maximum absolute atomic E-state index is 13.0. The van der Waals surface area contributed by atoms with E-state index in [2.05, 4.69) is 20.4 Å². The fourth-order valence-corrected chi connectivity index (χ4v) is 2.87. The van der Waals surface area contributed by atoms with Crippen molar-refractivity contribution in [3.05, 3.63) is 72.3 Å². The van der Waals surface area contributed by atoms with Crippen molar-refractivity contribution in [3.8, 4) is 11.1 Å². The Kier molecular flexibility index (Phi) is 4.38. The highest BCUT2D eigenvalue weighted by atomic mass is 19.4. The molecular weight excluding hydrogens is 385 g/mol. The summed E-state index contributed by atoms with van der Waals surface area (Å²) in [4.78, 5) is 20.4. The number of carbonyl (C=O) groups excluding carboxylic acids is 1. The van der Waals surface area contributed by atoms with Crippen molar-refractivity contribution >= 4 is 23.1 Å². The number of alkyl halides is 3. The van der Waals surface area contributed by atoms with Gasteiger partial charge in [0.05, 0.1) is 11.9 Å². The molecule has 4 aromatic rings. The number of hydrogen-bond acceptors (Lipinski definition) is 5. The first-order valence-corrected chi connectivity index (χ1v) is 8.37. The van der Waals surface area contributed by atoms with Crippen LogP contribution in [0.2, 0.25) is 0 Å². The van der Waals surface area contributed by atoms with Gasteiger partial charge in [0.15, 0.2) is 11.5 Å². The van der Waals surface area contributed by atoms with Crippen LogP contribution in [0.15, 0.2) is 61.1 Å². The third-order valence-electron chi connectivity index (χ3n) is 4.18. The number of nitrogens with two attached hydrogens (primary N) is 1. The lowest BCUT2D eigenvalue weighted by molar-refractivity contribution is -0.141. The summed E-state index contributed by atoms with van der Waals surface area (Å²) in [5.41, 5.74) is 5.98. The number of benzene rings is 1. The second-order valence-electron chi connectivity index (χ2n) is 6.08. The number of halogens is 3. The predicted octanol–water partition coefficient (Wildman–Crippen LogP) is 3.64. The number of nitrogen functional groups attached to an aromatic ring is 1. The molecule has 0 fully saturated rings. The fourth-order valence-electron chi connectivity index (χ4n) is 2.87. The molecule has 0 unspecified atom stereocenters. The Bertz CT molecular complexity index is 1200. The summed E-state index contributed by atoms with van der Waals surface area (Å²) in [6.45, 7) is 0. The Balaban J connectivity index is 1.75. The van der Waals surface area contributed by atoms with Crippen LogP contribution in [0.1, 0.15) is 16.1 Å². The number of anilines is 2. The molecule has 146 valence electrons. The molecule has 0 atom stereocenters. The van der Waals surface area contributed by atoms with Crippen LogP contribution in [-0.4, -0.2) is 25.5 Å². The average Bonchev–Trinajstić information content (AvgIpc) is 3.03. The third kappa shape index (κ3) is 3.47. The van der Waals surface area contributed by atoms with E-state index in [1.807, 2.05) is 30.3 Å². The average molecular weight is 398 g/mol. The van der Waals surface area contributed by atoms with Gasteiger partial charge in [0.1, 0.15) is 11.3 Å². The van der Waals surface area contributed by atoms with Crippen molar-refractivity contribution in [2.45, 2.75) is 6.18 Å². The Morgan fingerprint density at radius 1 is 1.10 bits per heavy atom. The van der Waals surface area contributed by atoms with E-state index in [9.17, 15) is 18.0 Å². The van der Waals surface area contributed by atoms with Crippen LogP contribution >= 0.6 is 0 Å². The van der Waals surface area contributed by atoms with Gasteiger partial charge in [-0.2, -0.15) is 13.2 Å². The highest BCUT2D eigenvalue weighted by Gasteiger charge is 2.33. The Morgan fingerprint density at radius 2 is 1.86 bits per heavy atom. The van der Waals surface area contributed by atoms with Gasteiger partial charge < -0.3 is 11.1 Å². The molecule has 0 bridgehead atoms. The summed E-state index contributed by atoms with van der Waals surface area (Å²) in [5.74, 6) is -0.978. The number of hydrogen-bond donors (Lipinski definition) is 2. The largest absolute Gasteiger partial charge is 0.433 e. The Labute approximate surface area is 162 Å². The van der Waals surface area contributed by atoms with Crippen LogP contribution in [0.3, 0.4) is 0 Å². The van der Waals surface area contributed by atoms with Crippen molar-refractivity contribution in [1.29, 1.82) is 0 Å². The number of nitrogens with zero attached hydrogens (tertiary/aromatic N) is 4. The lowest BCUT2D eigenvalue weighted by Gasteiger charge is -2.11. The molecule has 3 N–H and O–H groups in total. The molecule has 3 aromatic heterocycles. The molecule has 1 amide bonds. The molecule has 7 nitrogen and oxygen atoms in total. The number of pyridine rings is 1. The Hall–Kier alpha value is -3.95. The van der Waals surface area contributed by atoms with E-state index in [0.29, 0.717) is 11.3 Å². The van der Waals surface area contributed by atoms with Crippen LogP contribution in [0.4, 0.5) is 24.7 Å². The minimum absolute atomic E-state index is 0.237. The van der Waals surface area contributed by atoms with Crippen molar-refractivity contribution in [2.75, 3.05) is 11.1 Å². The molecule has 0 saturated heterocycles. The predicted molar refractivity (Wildman–Crippen MR) is 100 cm³/mol. The van der Waals surface area contributed by atoms with Gasteiger partial charge in [-0.25, -0.2) is 9.50 Å². The van der Waals surface area contributed by atoms with E-state index < -0.39 is 17.8 Å². The number of fused-ring (bicyclic) bond motifs is 1. The van der Waals surface area contributed by atoms with Crippen LogP contribution in [0.5, 0.6) is 0 Å². The molecule has 0 spiro atoms. The molecule has 0 aliphatic carbocycles. The lowest BCUT2D eigenvalue weighted by atomic mass is 10.1. The summed E-state index contributed by atoms with van der Waals surface area (Å²) in [5, 5.41) is 6.51. The highest BCUT2D eigenvalue weighted by molar-refractivity contribution is 6.12. The zero-order valence-electron chi connectivity index (χ0n) is 14.7. The van der Waals surface area contributed by atoms with E-state index in [1.165, 1.54) is 6.20 Å². The summed E-state index contributed by atoms with van der Waals surface area (Å²) < 4.78 is 40.1. The van der Waals surface area contributed by atoms with E-state index in [-0.39, 0.29) is 17.0 Å². The van der Waals surface area contributed by atoms with Gasteiger partial charge >= 0.3 is 6.18 Å². The zero-order chi connectivity index (χ0) is 20.6. The second kappa shape index (κ2) is 6.89. The first-order chi connectivity index (χ1) is 13.8. The van der Waals surface area contributed by atoms with Gasteiger partial charge in [0.25, 0.3) is 5.91 Å². The fraction of sp³-hybridized carbons (Fsp3) is 0.0526. The topological polar surface area (TPSA) is 98.2 Å². The molecule has 10 heteroatoms.